The van der Waals surface area contributed by atoms with Gasteiger partial charge in [0.25, 0.3) is 0 Å². The number of hydrogen-bond acceptors (Lipinski definition) is 2. The molecule has 0 bridgehead atoms. The second kappa shape index (κ2) is 27.0. The van der Waals surface area contributed by atoms with Gasteiger partial charge >= 0.3 is 0 Å². The van der Waals surface area contributed by atoms with Crippen molar-refractivity contribution in [3.8, 4) is 0 Å². The molecular formula is C3H7NOSi. The summed E-state index contributed by atoms with van der Waals surface area (Å²) in [6, 6.07) is 0. The number of hydrogen-bond donors (Lipinski definition) is 1. The third-order valence-corrected chi connectivity index (χ3v) is 0. The maximum atomic E-state index is 8.35. The Hall–Kier alpha value is -0.663. The van der Waals surface area contributed by atoms with E-state index >= 15 is 0 Å². The monoisotopic (exact) mass is 101 g/mol. The quantitative estimate of drug-likeness (QED) is 0.247. The molecule has 0 spiro atoms. The zero-order valence-electron chi connectivity index (χ0n) is 3.69. The minimum Gasteiger partial charge on any atom is -0.222 e. The highest BCUT2D eigenvalue weighted by molar-refractivity contribution is 6.16. The van der Waals surface area contributed by atoms with Gasteiger partial charge in [-0.25, -0.2) is 10.2 Å². The fourth-order valence-electron chi connectivity index (χ4n) is 0. The Kier molecular flexibility index (Phi) is 40.6. The molecule has 0 aliphatic heterocycles. The number of isocyanates is 1. The minimum absolute atomic E-state index is 0.750. The summed E-state index contributed by atoms with van der Waals surface area (Å²) in [7, 11) is 1.13. The molecule has 0 aromatic carbocycles. The first kappa shape index (κ1) is 9.01. The van der Waals surface area contributed by atoms with Crippen LogP contribution in [-0.4, -0.2) is 16.3 Å². The highest BCUT2D eigenvalue weighted by Crippen LogP contribution is 1.24. The molecule has 0 rings (SSSR count). The Labute approximate surface area is 39.8 Å². The molecule has 0 aromatic rings. The van der Waals surface area contributed by atoms with Crippen molar-refractivity contribution in [3.05, 3.63) is 12.3 Å². The van der Waals surface area contributed by atoms with E-state index < -0.39 is 0 Å². The minimum atomic E-state index is 0.750. The molecule has 0 heterocycles. The molecule has 34 valence electrons. The lowest BCUT2D eigenvalue weighted by atomic mass is 11.3. The summed E-state index contributed by atoms with van der Waals surface area (Å²) in [5.41, 5.74) is 1.89. The third kappa shape index (κ3) is 41.4. The second-order valence-corrected chi connectivity index (χ2v) is 1.33. The van der Waals surface area contributed by atoms with Crippen molar-refractivity contribution in [1.29, 1.82) is 5.41 Å². The Bertz CT molecular complexity index is 55.8. The summed E-state index contributed by atoms with van der Waals surface area (Å²) in [4.78, 5) is 8.35. The summed E-state index contributed by atoms with van der Waals surface area (Å²) in [6.07, 6.45) is 0.750. The van der Waals surface area contributed by atoms with Crippen LogP contribution in [0.4, 0.5) is 0 Å². The van der Waals surface area contributed by atoms with Gasteiger partial charge in [-0.05, 0) is 0 Å². The zero-order valence-corrected chi connectivity index (χ0v) is 5.69. The molecular weight excluding hydrogens is 94.1 g/mol. The topological polar surface area (TPSA) is 40.9 Å². The van der Waals surface area contributed by atoms with E-state index in [-0.39, 0.29) is 0 Å². The maximum absolute atomic E-state index is 8.35. The Balaban J connectivity index is 0. The first-order chi connectivity index (χ1) is 2.83. The number of carbonyl (C=O) groups excluding carboxylic acids is 1. The molecule has 0 saturated heterocycles. The zero-order chi connectivity index (χ0) is 5.41. The molecule has 0 fully saturated rings. The Morgan fingerprint density at radius 1 is 2.00 bits per heavy atom. The molecule has 0 amide bonds. The van der Waals surface area contributed by atoms with Crippen LogP contribution < -0.4 is 0 Å². The van der Waals surface area contributed by atoms with Gasteiger partial charge in [0.05, 0.1) is 0 Å². The van der Waals surface area contributed by atoms with Gasteiger partial charge in [-0.1, -0.05) is 0 Å². The van der Waals surface area contributed by atoms with Gasteiger partial charge in [0, 0.05) is 10.2 Å². The van der Waals surface area contributed by atoms with Crippen LogP contribution in [0.2, 0.25) is 0 Å². The van der Waals surface area contributed by atoms with Crippen LogP contribution >= 0.6 is 0 Å². The fraction of sp³-hybridized carbons (Fsp3) is 0. The molecule has 0 aromatic heterocycles. The number of nitrogens with one attached hydrogen (secondary N) is 1. The van der Waals surface area contributed by atoms with Crippen molar-refractivity contribution in [2.45, 2.75) is 0 Å². The van der Waals surface area contributed by atoms with Crippen LogP contribution in [0.15, 0.2) is 12.3 Å². The van der Waals surface area contributed by atoms with Gasteiger partial charge < -0.3 is 0 Å². The highest BCUT2D eigenvalue weighted by atomic mass is 28.1. The van der Waals surface area contributed by atoms with Crippen molar-refractivity contribution in [1.82, 2.24) is 0 Å². The molecule has 2 nitrogen and oxygen atoms in total. The molecule has 6 heavy (non-hydrogen) atoms. The summed E-state index contributed by atoms with van der Waals surface area (Å²) >= 11 is 0. The van der Waals surface area contributed by atoms with Crippen LogP contribution in [-0.2, 0) is 4.79 Å². The van der Waals surface area contributed by atoms with E-state index in [1.54, 1.807) is 0 Å². The average molecular weight is 101 g/mol. The van der Waals surface area contributed by atoms with E-state index in [0.29, 0.717) is 0 Å². The third-order valence-electron chi connectivity index (χ3n) is 0. The predicted octanol–water partition coefficient (Wildman–Crippen LogP) is -0.604. The van der Waals surface area contributed by atoms with Crippen molar-refractivity contribution in [2.75, 3.05) is 0 Å². The molecule has 1 N–H and O–H groups in total. The molecule has 0 aliphatic carbocycles. The average Bonchev–Trinajstić information content (AvgIpc) is 1.39. The van der Waals surface area contributed by atoms with Crippen molar-refractivity contribution in [2.24, 2.45) is 0 Å². The van der Waals surface area contributed by atoms with E-state index in [9.17, 15) is 0 Å². The summed E-state index contributed by atoms with van der Waals surface area (Å²) in [5.74, 6) is 0. The van der Waals surface area contributed by atoms with E-state index in [4.69, 9.17) is 10.2 Å². The number of rotatable bonds is 0. The highest BCUT2D eigenvalue weighted by Gasteiger charge is 1.16. The van der Waals surface area contributed by atoms with Crippen molar-refractivity contribution < 1.29 is 4.79 Å². The smallest absolute Gasteiger partial charge is 0.222 e. The lowest BCUT2D eigenvalue weighted by Crippen LogP contribution is -1.29. The van der Waals surface area contributed by atoms with Crippen LogP contribution in [0.5, 0.6) is 0 Å². The van der Waals surface area contributed by atoms with E-state index in [1.807, 2.05) is 5.70 Å². The first-order valence-corrected chi connectivity index (χ1v) is 2.59. The molecule has 0 saturated carbocycles. The van der Waals surface area contributed by atoms with E-state index in [1.165, 1.54) is 0 Å². The van der Waals surface area contributed by atoms with Crippen molar-refractivity contribution in [3.63, 3.8) is 0 Å². The van der Waals surface area contributed by atoms with Gasteiger partial charge in [-0.15, -0.1) is 12.3 Å². The molecule has 0 aliphatic rings. The van der Waals surface area contributed by atoms with Crippen LogP contribution in [0.25, 0.3) is 0 Å². The van der Waals surface area contributed by atoms with Gasteiger partial charge in [0.2, 0.25) is 6.08 Å². The molecule has 0 unspecified atom stereocenters. The normalized spacial score (nSPS) is 4.00. The predicted molar refractivity (Wildman–Crippen MR) is 28.5 cm³/mol. The van der Waals surface area contributed by atoms with Crippen molar-refractivity contribution >= 4 is 16.3 Å². The lowest BCUT2D eigenvalue weighted by Gasteiger charge is -1.29. The standard InChI is InChI=1S/C2H6Si.CHNO/c1-2-3;2-1-3/h2H,1H2,3H3;2H. The molecule has 0 atom stereocenters. The lowest BCUT2D eigenvalue weighted by molar-refractivity contribution is 0.563. The first-order valence-electron chi connectivity index (χ1n) is 1.44. The van der Waals surface area contributed by atoms with Crippen LogP contribution in [0, 0.1) is 5.41 Å². The summed E-state index contributed by atoms with van der Waals surface area (Å²) in [5, 5.41) is 5.40. The van der Waals surface area contributed by atoms with Crippen LogP contribution in [0.1, 0.15) is 0 Å². The maximum Gasteiger partial charge on any atom is 0.231 e. The molecule has 0 radical (unpaired) electrons. The summed E-state index contributed by atoms with van der Waals surface area (Å²) in [6.45, 7) is 3.42. The van der Waals surface area contributed by atoms with Gasteiger partial charge in [-0.3, -0.25) is 0 Å². The molecule has 3 heteroatoms. The van der Waals surface area contributed by atoms with Gasteiger partial charge in [0.15, 0.2) is 0 Å². The SMILES string of the molecule is C=C[SiH3].N=C=O. The van der Waals surface area contributed by atoms with Gasteiger partial charge in [0.1, 0.15) is 0 Å². The Morgan fingerprint density at radius 3 is 2.00 bits per heavy atom. The van der Waals surface area contributed by atoms with E-state index in [2.05, 4.69) is 6.58 Å². The van der Waals surface area contributed by atoms with Gasteiger partial charge in [-0.2, -0.15) is 0 Å². The van der Waals surface area contributed by atoms with E-state index in [0.717, 1.165) is 16.3 Å². The fourth-order valence-corrected chi connectivity index (χ4v) is 0. The largest absolute Gasteiger partial charge is 0.231 e. The Morgan fingerprint density at radius 2 is 2.00 bits per heavy atom. The second-order valence-electron chi connectivity index (χ2n) is 0.510. The van der Waals surface area contributed by atoms with Crippen LogP contribution in [0.3, 0.4) is 0 Å². The summed E-state index contributed by atoms with van der Waals surface area (Å²) < 4.78 is 0.